The smallest absolute Gasteiger partial charge is 0.225 e. The monoisotopic (exact) mass is 435 g/mol. The quantitative estimate of drug-likeness (QED) is 0.308. The van der Waals surface area contributed by atoms with Crippen LogP contribution in [0.2, 0.25) is 0 Å². The highest BCUT2D eigenvalue weighted by molar-refractivity contribution is 8.71. The first-order chi connectivity index (χ1) is 13.9. The number of aliphatic hydroxyl groups is 1. The Morgan fingerprint density at radius 2 is 1.59 bits per heavy atom. The first-order valence-electron chi connectivity index (χ1n) is 9.21. The van der Waals surface area contributed by atoms with Crippen LogP contribution in [-0.2, 0) is 20.1 Å². The van der Waals surface area contributed by atoms with Crippen molar-refractivity contribution in [3.05, 3.63) is 54.1 Å². The van der Waals surface area contributed by atoms with Crippen LogP contribution in [0.5, 0.6) is 0 Å². The van der Waals surface area contributed by atoms with E-state index in [9.17, 15) is 13.2 Å². The number of aliphatic hydroxyl groups excluding tert-OH is 1. The largest absolute Gasteiger partial charge is 0.396 e. The standard InChI is InChI=1S/C20H25N3O4S2/c1-29(26,27)28-15-13-20(25)21-17-9-11-19(12-10-17)23-22-18-7-5-16(6-8-18)4-2-3-14-24/h5-12,24H,2-4,13-15H2,1H3,(H,21,25). The average Bonchev–Trinajstić information content (AvgIpc) is 2.68. The van der Waals surface area contributed by atoms with Crippen molar-refractivity contribution >= 4 is 42.6 Å². The highest BCUT2D eigenvalue weighted by Gasteiger charge is 2.07. The van der Waals surface area contributed by atoms with E-state index in [1.165, 1.54) is 5.56 Å². The van der Waals surface area contributed by atoms with Crippen LogP contribution < -0.4 is 5.32 Å². The predicted molar refractivity (Wildman–Crippen MR) is 118 cm³/mol. The number of nitrogens with one attached hydrogen (secondary N) is 1. The summed E-state index contributed by atoms with van der Waals surface area (Å²) in [4.78, 5) is 11.8. The van der Waals surface area contributed by atoms with E-state index in [0.29, 0.717) is 11.4 Å². The van der Waals surface area contributed by atoms with Gasteiger partial charge < -0.3 is 10.4 Å². The maximum absolute atomic E-state index is 11.8. The Labute approximate surface area is 175 Å². The topological polar surface area (TPSA) is 108 Å². The van der Waals surface area contributed by atoms with Gasteiger partial charge in [0.15, 0.2) is 8.87 Å². The number of hydrogen-bond acceptors (Lipinski definition) is 7. The van der Waals surface area contributed by atoms with E-state index in [-0.39, 0.29) is 24.7 Å². The lowest BCUT2D eigenvalue weighted by atomic mass is 10.1. The molecule has 0 bridgehead atoms. The molecule has 0 aliphatic rings. The van der Waals surface area contributed by atoms with Gasteiger partial charge in [0.05, 0.1) is 11.4 Å². The molecular weight excluding hydrogens is 410 g/mol. The first kappa shape index (κ1) is 23.1. The zero-order valence-electron chi connectivity index (χ0n) is 16.2. The Balaban J connectivity index is 1.82. The van der Waals surface area contributed by atoms with Gasteiger partial charge in [0.25, 0.3) is 0 Å². The van der Waals surface area contributed by atoms with Crippen molar-refractivity contribution in [3.63, 3.8) is 0 Å². The van der Waals surface area contributed by atoms with Crippen LogP contribution in [0.25, 0.3) is 0 Å². The summed E-state index contributed by atoms with van der Waals surface area (Å²) in [5.74, 6) is -0.0217. The molecule has 0 unspecified atom stereocenters. The van der Waals surface area contributed by atoms with Gasteiger partial charge in [0.1, 0.15) is 0 Å². The number of anilines is 1. The third-order valence-corrected chi connectivity index (χ3v) is 6.45. The van der Waals surface area contributed by atoms with Crippen LogP contribution in [0.4, 0.5) is 17.1 Å². The van der Waals surface area contributed by atoms with Crippen LogP contribution in [0, 0.1) is 0 Å². The highest BCUT2D eigenvalue weighted by Crippen LogP contribution is 2.21. The average molecular weight is 436 g/mol. The molecule has 0 aromatic heterocycles. The van der Waals surface area contributed by atoms with E-state index in [4.69, 9.17) is 5.11 Å². The van der Waals surface area contributed by atoms with Gasteiger partial charge in [-0.05, 0) is 72.0 Å². The van der Waals surface area contributed by atoms with E-state index in [1.54, 1.807) is 24.3 Å². The number of azo groups is 1. The van der Waals surface area contributed by atoms with Crippen LogP contribution in [0.15, 0.2) is 58.8 Å². The molecule has 0 aliphatic carbocycles. The minimum atomic E-state index is -3.13. The summed E-state index contributed by atoms with van der Waals surface area (Å²) in [7, 11) is -2.37. The fourth-order valence-electron chi connectivity index (χ4n) is 2.41. The van der Waals surface area contributed by atoms with Gasteiger partial charge in [-0.2, -0.15) is 10.2 Å². The Morgan fingerprint density at radius 3 is 2.14 bits per heavy atom. The molecule has 29 heavy (non-hydrogen) atoms. The number of benzene rings is 2. The molecule has 1 amide bonds. The molecule has 0 aliphatic heterocycles. The third-order valence-electron chi connectivity index (χ3n) is 3.87. The molecule has 0 radical (unpaired) electrons. The highest BCUT2D eigenvalue weighted by atomic mass is 33.1. The van der Waals surface area contributed by atoms with Gasteiger partial charge >= 0.3 is 0 Å². The Kier molecular flexibility index (Phi) is 9.30. The number of rotatable bonds is 11. The van der Waals surface area contributed by atoms with E-state index < -0.39 is 8.87 Å². The normalized spacial score (nSPS) is 11.7. The van der Waals surface area contributed by atoms with Crippen LogP contribution in [0.1, 0.15) is 24.8 Å². The Hall–Kier alpha value is -2.23. The van der Waals surface area contributed by atoms with Crippen molar-refractivity contribution in [2.24, 2.45) is 10.2 Å². The molecule has 9 heteroatoms. The number of nitrogens with zero attached hydrogens (tertiary/aromatic N) is 2. The zero-order valence-corrected chi connectivity index (χ0v) is 17.9. The molecule has 0 saturated heterocycles. The molecule has 0 saturated carbocycles. The molecule has 0 fully saturated rings. The van der Waals surface area contributed by atoms with E-state index in [1.807, 2.05) is 24.3 Å². The van der Waals surface area contributed by atoms with Crippen LogP contribution in [-0.4, -0.2) is 38.0 Å². The Bertz CT molecular complexity index is 912. The molecule has 2 N–H and O–H groups in total. The zero-order chi connectivity index (χ0) is 21.1. The second-order valence-corrected chi connectivity index (χ2v) is 11.0. The molecular formula is C20H25N3O4S2. The molecule has 156 valence electrons. The first-order valence-corrected chi connectivity index (χ1v) is 12.6. The molecule has 2 aromatic carbocycles. The predicted octanol–water partition coefficient (Wildman–Crippen LogP) is 4.44. The number of carbonyl (C=O) groups excluding carboxylic acids is 1. The number of carbonyl (C=O) groups is 1. The fraction of sp³-hybridized carbons (Fsp3) is 0.350. The number of unbranched alkanes of at least 4 members (excludes halogenated alkanes) is 1. The van der Waals surface area contributed by atoms with Crippen molar-refractivity contribution in [1.29, 1.82) is 0 Å². The lowest BCUT2D eigenvalue weighted by molar-refractivity contribution is -0.115. The fourth-order valence-corrected chi connectivity index (χ4v) is 4.14. The van der Waals surface area contributed by atoms with Gasteiger partial charge in [0, 0.05) is 30.7 Å². The van der Waals surface area contributed by atoms with Crippen molar-refractivity contribution in [2.75, 3.05) is 23.9 Å². The second kappa shape index (κ2) is 11.7. The van der Waals surface area contributed by atoms with Gasteiger partial charge in [0.2, 0.25) is 5.91 Å². The number of hydrogen-bond donors (Lipinski definition) is 2. The third kappa shape index (κ3) is 9.69. The van der Waals surface area contributed by atoms with Gasteiger partial charge in [-0.1, -0.05) is 12.1 Å². The van der Waals surface area contributed by atoms with Gasteiger partial charge in [-0.25, -0.2) is 8.42 Å². The maximum atomic E-state index is 11.8. The minimum Gasteiger partial charge on any atom is -0.396 e. The van der Waals surface area contributed by atoms with Crippen molar-refractivity contribution in [1.82, 2.24) is 0 Å². The van der Waals surface area contributed by atoms with E-state index >= 15 is 0 Å². The summed E-state index contributed by atoms with van der Waals surface area (Å²) in [6.07, 6.45) is 3.93. The maximum Gasteiger partial charge on any atom is 0.225 e. The summed E-state index contributed by atoms with van der Waals surface area (Å²) in [5, 5.41) is 19.9. The molecule has 0 spiro atoms. The molecule has 7 nitrogen and oxygen atoms in total. The Morgan fingerprint density at radius 1 is 1.00 bits per heavy atom. The summed E-state index contributed by atoms with van der Waals surface area (Å²) in [6.45, 7) is 0.219. The van der Waals surface area contributed by atoms with Crippen LogP contribution in [0.3, 0.4) is 0 Å². The summed E-state index contributed by atoms with van der Waals surface area (Å²) in [6, 6.07) is 14.8. The van der Waals surface area contributed by atoms with Crippen molar-refractivity contribution in [3.8, 4) is 0 Å². The van der Waals surface area contributed by atoms with Crippen LogP contribution >= 0.6 is 10.8 Å². The summed E-state index contributed by atoms with van der Waals surface area (Å²) in [5.41, 5.74) is 3.22. The summed E-state index contributed by atoms with van der Waals surface area (Å²) >= 11 is 0. The lowest BCUT2D eigenvalue weighted by Crippen LogP contribution is -2.12. The van der Waals surface area contributed by atoms with E-state index in [0.717, 1.165) is 42.0 Å². The van der Waals surface area contributed by atoms with Crippen molar-refractivity contribution in [2.45, 2.75) is 25.7 Å². The van der Waals surface area contributed by atoms with Gasteiger partial charge in [-0.3, -0.25) is 4.79 Å². The molecule has 2 aromatic rings. The second-order valence-electron chi connectivity index (χ2n) is 6.42. The molecule has 2 rings (SSSR count). The van der Waals surface area contributed by atoms with Crippen molar-refractivity contribution < 1.29 is 18.3 Å². The lowest BCUT2D eigenvalue weighted by Gasteiger charge is -2.05. The van der Waals surface area contributed by atoms with Gasteiger partial charge in [-0.15, -0.1) is 0 Å². The SMILES string of the molecule is CS(=O)(=O)SCCC(=O)Nc1ccc(N=Nc2ccc(CCCCO)cc2)cc1. The number of aryl methyl sites for hydroxylation is 1. The van der Waals surface area contributed by atoms with E-state index in [2.05, 4.69) is 15.5 Å². The molecule has 0 heterocycles. The molecule has 0 atom stereocenters. The summed E-state index contributed by atoms with van der Waals surface area (Å²) < 4.78 is 22.1. The number of amides is 1. The minimum absolute atomic E-state index is 0.120.